The number of aryl methyl sites for hydroxylation is 1. The Hall–Kier alpha value is -1.46. The molecular formula is C20H26N2OS2. The number of carbonyl (C=O) groups is 1. The number of thiophene rings is 2. The van der Waals surface area contributed by atoms with Gasteiger partial charge in [0, 0.05) is 20.0 Å². The molecule has 0 saturated heterocycles. The van der Waals surface area contributed by atoms with Gasteiger partial charge in [-0.2, -0.15) is 5.10 Å². The van der Waals surface area contributed by atoms with Gasteiger partial charge >= 0.3 is 0 Å². The van der Waals surface area contributed by atoms with Crippen molar-refractivity contribution in [3.63, 3.8) is 0 Å². The lowest BCUT2D eigenvalue weighted by molar-refractivity contribution is 0.0954. The summed E-state index contributed by atoms with van der Waals surface area (Å²) >= 11 is 3.43. The van der Waals surface area contributed by atoms with Crippen molar-refractivity contribution in [2.24, 2.45) is 16.4 Å². The summed E-state index contributed by atoms with van der Waals surface area (Å²) in [6.07, 6.45) is 6.01. The van der Waals surface area contributed by atoms with E-state index in [1.165, 1.54) is 15.3 Å². The molecule has 2 heterocycles. The van der Waals surface area contributed by atoms with Crippen LogP contribution < -0.4 is 5.43 Å². The second-order valence-corrected chi connectivity index (χ2v) is 9.88. The first-order chi connectivity index (χ1) is 11.9. The lowest BCUT2D eigenvalue weighted by Crippen LogP contribution is -2.27. The van der Waals surface area contributed by atoms with Gasteiger partial charge in [-0.15, -0.1) is 22.7 Å². The van der Waals surface area contributed by atoms with Crippen molar-refractivity contribution >= 4 is 34.8 Å². The summed E-state index contributed by atoms with van der Waals surface area (Å²) in [5.41, 5.74) is 5.07. The van der Waals surface area contributed by atoms with Crippen molar-refractivity contribution in [1.29, 1.82) is 0 Å². The number of rotatable bonds is 4. The number of hydrogen-bond donors (Lipinski definition) is 1. The summed E-state index contributed by atoms with van der Waals surface area (Å²) in [7, 11) is 0. The van der Waals surface area contributed by atoms with Crippen LogP contribution in [-0.4, -0.2) is 12.1 Å². The molecular weight excluding hydrogens is 348 g/mol. The first kappa shape index (κ1) is 18.3. The topological polar surface area (TPSA) is 41.5 Å². The van der Waals surface area contributed by atoms with Gasteiger partial charge in [0.2, 0.25) is 0 Å². The Morgan fingerprint density at radius 2 is 2.20 bits per heavy atom. The molecule has 1 aliphatic carbocycles. The van der Waals surface area contributed by atoms with Gasteiger partial charge in [-0.3, -0.25) is 4.79 Å². The molecule has 5 heteroatoms. The van der Waals surface area contributed by atoms with Crippen LogP contribution in [0.25, 0.3) is 0 Å². The van der Waals surface area contributed by atoms with Gasteiger partial charge in [0.1, 0.15) is 0 Å². The highest BCUT2D eigenvalue weighted by atomic mass is 32.1. The van der Waals surface area contributed by atoms with Crippen LogP contribution in [0.15, 0.2) is 22.6 Å². The van der Waals surface area contributed by atoms with E-state index < -0.39 is 0 Å². The molecule has 0 bridgehead atoms. The minimum Gasteiger partial charge on any atom is -0.267 e. The van der Waals surface area contributed by atoms with Crippen molar-refractivity contribution in [2.45, 2.75) is 53.4 Å². The molecule has 134 valence electrons. The molecule has 1 atom stereocenters. The Morgan fingerprint density at radius 3 is 2.88 bits per heavy atom. The van der Waals surface area contributed by atoms with E-state index >= 15 is 0 Å². The van der Waals surface area contributed by atoms with E-state index in [1.807, 2.05) is 11.4 Å². The maximum absolute atomic E-state index is 12.5. The largest absolute Gasteiger partial charge is 0.272 e. The molecule has 0 spiro atoms. The van der Waals surface area contributed by atoms with Crippen LogP contribution in [0.2, 0.25) is 0 Å². The average molecular weight is 375 g/mol. The Labute approximate surface area is 158 Å². The Balaban J connectivity index is 1.65. The van der Waals surface area contributed by atoms with Gasteiger partial charge in [0.25, 0.3) is 5.91 Å². The highest BCUT2D eigenvalue weighted by Crippen LogP contribution is 2.40. The summed E-state index contributed by atoms with van der Waals surface area (Å²) in [5.74, 6) is 0.606. The second kappa shape index (κ2) is 7.42. The molecule has 2 aromatic heterocycles. The molecule has 0 radical (unpaired) electrons. The van der Waals surface area contributed by atoms with Crippen molar-refractivity contribution in [1.82, 2.24) is 5.43 Å². The summed E-state index contributed by atoms with van der Waals surface area (Å²) < 4.78 is 0. The van der Waals surface area contributed by atoms with E-state index in [2.05, 4.69) is 44.3 Å². The molecule has 3 nitrogen and oxygen atoms in total. The fourth-order valence-electron chi connectivity index (χ4n) is 3.31. The summed E-state index contributed by atoms with van der Waals surface area (Å²) in [6, 6.07) is 4.15. The molecule has 0 unspecified atom stereocenters. The van der Waals surface area contributed by atoms with E-state index in [0.29, 0.717) is 11.3 Å². The second-order valence-electron chi connectivity index (χ2n) is 7.71. The van der Waals surface area contributed by atoms with Crippen LogP contribution in [0.5, 0.6) is 0 Å². The SMILES string of the molecule is CCc1ccc(/C=N\NC(=O)c2csc3c2CC[C@@H](C(C)(C)C)C3)s1. The van der Waals surface area contributed by atoms with Crippen LogP contribution in [0.4, 0.5) is 0 Å². The van der Waals surface area contributed by atoms with Crippen molar-refractivity contribution in [3.8, 4) is 0 Å². The number of hydrazone groups is 1. The molecule has 0 aromatic carbocycles. The Bertz CT molecular complexity index is 780. The van der Waals surface area contributed by atoms with Crippen LogP contribution in [0.3, 0.4) is 0 Å². The molecule has 2 aromatic rings. The van der Waals surface area contributed by atoms with Crippen LogP contribution in [0, 0.1) is 11.3 Å². The van der Waals surface area contributed by atoms with E-state index in [-0.39, 0.29) is 5.91 Å². The van der Waals surface area contributed by atoms with Crippen molar-refractivity contribution in [3.05, 3.63) is 43.3 Å². The average Bonchev–Trinajstić information content (AvgIpc) is 3.19. The van der Waals surface area contributed by atoms with Crippen molar-refractivity contribution < 1.29 is 4.79 Å². The molecule has 0 aliphatic heterocycles. The normalized spacial score (nSPS) is 17.7. The Morgan fingerprint density at radius 1 is 1.40 bits per heavy atom. The molecule has 25 heavy (non-hydrogen) atoms. The molecule has 3 rings (SSSR count). The number of nitrogens with zero attached hydrogens (tertiary/aromatic N) is 1. The first-order valence-electron chi connectivity index (χ1n) is 8.89. The highest BCUT2D eigenvalue weighted by molar-refractivity contribution is 7.13. The van der Waals surface area contributed by atoms with Crippen LogP contribution >= 0.6 is 22.7 Å². The van der Waals surface area contributed by atoms with Gasteiger partial charge in [-0.25, -0.2) is 5.43 Å². The minimum atomic E-state index is -0.0878. The van der Waals surface area contributed by atoms with Crippen molar-refractivity contribution in [2.75, 3.05) is 0 Å². The van der Waals surface area contributed by atoms with Gasteiger partial charge in [0.15, 0.2) is 0 Å². The number of hydrogen-bond acceptors (Lipinski definition) is 4. The predicted octanol–water partition coefficient (Wildman–Crippen LogP) is 5.29. The Kier molecular flexibility index (Phi) is 5.44. The lowest BCUT2D eigenvalue weighted by Gasteiger charge is -2.33. The van der Waals surface area contributed by atoms with Gasteiger partial charge < -0.3 is 0 Å². The predicted molar refractivity (Wildman–Crippen MR) is 108 cm³/mol. The number of nitrogens with one attached hydrogen (secondary N) is 1. The third kappa shape index (κ3) is 4.21. The minimum absolute atomic E-state index is 0.0878. The fourth-order valence-corrected chi connectivity index (χ4v) is 5.30. The van der Waals surface area contributed by atoms with Gasteiger partial charge in [-0.05, 0) is 54.7 Å². The van der Waals surface area contributed by atoms with E-state index in [9.17, 15) is 4.79 Å². The van der Waals surface area contributed by atoms with E-state index in [1.54, 1.807) is 28.9 Å². The maximum atomic E-state index is 12.5. The third-order valence-electron chi connectivity index (χ3n) is 5.01. The summed E-state index contributed by atoms with van der Waals surface area (Å²) in [4.78, 5) is 16.3. The molecule has 0 fully saturated rings. The number of fused-ring (bicyclic) bond motifs is 1. The molecule has 0 saturated carbocycles. The molecule has 1 amide bonds. The quantitative estimate of drug-likeness (QED) is 0.573. The molecule has 1 N–H and O–H groups in total. The first-order valence-corrected chi connectivity index (χ1v) is 10.6. The number of carbonyl (C=O) groups excluding carboxylic acids is 1. The van der Waals surface area contributed by atoms with E-state index in [0.717, 1.165) is 36.1 Å². The van der Waals surface area contributed by atoms with Crippen LogP contribution in [-0.2, 0) is 19.3 Å². The lowest BCUT2D eigenvalue weighted by atomic mass is 9.72. The third-order valence-corrected chi connectivity index (χ3v) is 7.23. The monoisotopic (exact) mass is 374 g/mol. The summed E-state index contributed by atoms with van der Waals surface area (Å²) in [5, 5.41) is 6.14. The standard InChI is InChI=1S/C20H26N2OS2/c1-5-14-7-8-15(25-14)11-21-22-19(23)17-12-24-18-10-13(20(2,3)4)6-9-16(17)18/h7-8,11-13H,5-6,9-10H2,1-4H3,(H,22,23)/b21-11-/t13-/m1/s1. The zero-order valence-electron chi connectivity index (χ0n) is 15.4. The highest BCUT2D eigenvalue weighted by Gasteiger charge is 2.31. The zero-order valence-corrected chi connectivity index (χ0v) is 17.0. The van der Waals surface area contributed by atoms with Gasteiger partial charge in [-0.1, -0.05) is 27.7 Å². The molecule has 1 aliphatic rings. The smallest absolute Gasteiger partial charge is 0.267 e. The zero-order chi connectivity index (χ0) is 18.0. The van der Waals surface area contributed by atoms with Crippen LogP contribution in [0.1, 0.15) is 64.7 Å². The fraction of sp³-hybridized carbons (Fsp3) is 0.500. The summed E-state index contributed by atoms with van der Waals surface area (Å²) in [6.45, 7) is 9.08. The van der Waals surface area contributed by atoms with E-state index in [4.69, 9.17) is 0 Å². The number of amides is 1. The maximum Gasteiger partial charge on any atom is 0.272 e. The van der Waals surface area contributed by atoms with Gasteiger partial charge in [0.05, 0.1) is 11.8 Å².